The Morgan fingerprint density at radius 1 is 0.657 bits per heavy atom. The highest BCUT2D eigenvalue weighted by atomic mass is 31.1. The van der Waals surface area contributed by atoms with E-state index >= 15 is 0 Å². The van der Waals surface area contributed by atoms with E-state index in [0.717, 1.165) is 0 Å². The molecule has 0 spiro atoms. The van der Waals surface area contributed by atoms with Crippen LogP contribution in [0, 0.1) is 0 Å². The van der Waals surface area contributed by atoms with E-state index in [1.807, 2.05) is 6.07 Å². The van der Waals surface area contributed by atoms with Crippen molar-refractivity contribution < 1.29 is 33.1 Å². The number of ketones is 2. The van der Waals surface area contributed by atoms with Crippen molar-refractivity contribution in [2.24, 2.45) is 0 Å². The van der Waals surface area contributed by atoms with Crippen molar-refractivity contribution in [2.45, 2.75) is 18.0 Å². The van der Waals surface area contributed by atoms with Gasteiger partial charge in [-0.15, -0.1) is 0 Å². The molecular formula is C27H27O7P. The molecule has 0 aliphatic heterocycles. The molecule has 0 heterocycles. The van der Waals surface area contributed by atoms with Crippen molar-refractivity contribution in [3.05, 3.63) is 83.4 Å². The Kier molecular flexibility index (Phi) is 8.26. The van der Waals surface area contributed by atoms with Gasteiger partial charge in [0.1, 0.15) is 34.1 Å². The Labute approximate surface area is 206 Å². The molecule has 0 aliphatic carbocycles. The summed E-state index contributed by atoms with van der Waals surface area (Å²) in [5, 5.41) is -2.09. The number of carbonyl (C=O) groups is 2. The van der Waals surface area contributed by atoms with Crippen LogP contribution in [0.1, 0.15) is 39.1 Å². The summed E-state index contributed by atoms with van der Waals surface area (Å²) in [5.41, 5.74) is 0.692. The largest absolute Gasteiger partial charge is 0.496 e. The third-order valence-electron chi connectivity index (χ3n) is 6.07. The van der Waals surface area contributed by atoms with E-state index in [0.29, 0.717) is 5.56 Å². The first-order valence-corrected chi connectivity index (χ1v) is 11.6. The van der Waals surface area contributed by atoms with E-state index in [1.54, 1.807) is 67.6 Å². The molecule has 35 heavy (non-hydrogen) atoms. The molecule has 0 aliphatic rings. The molecule has 0 amide bonds. The van der Waals surface area contributed by atoms with Crippen LogP contribution >= 0.6 is 8.46 Å². The van der Waals surface area contributed by atoms with E-state index in [1.165, 1.54) is 28.4 Å². The van der Waals surface area contributed by atoms with Crippen molar-refractivity contribution >= 4 is 20.0 Å². The molecule has 1 unspecified atom stereocenters. The minimum absolute atomic E-state index is 0.0193. The van der Waals surface area contributed by atoms with Gasteiger partial charge in [0.25, 0.3) is 0 Å². The van der Waals surface area contributed by atoms with Gasteiger partial charge in [-0.25, -0.2) is 0 Å². The van der Waals surface area contributed by atoms with Gasteiger partial charge < -0.3 is 18.9 Å². The van der Waals surface area contributed by atoms with Crippen LogP contribution in [0.2, 0.25) is 0 Å². The third kappa shape index (κ3) is 4.52. The second-order valence-electron chi connectivity index (χ2n) is 7.72. The van der Waals surface area contributed by atoms with Gasteiger partial charge >= 0.3 is 0 Å². The molecule has 3 aromatic rings. The average molecular weight is 494 g/mol. The van der Waals surface area contributed by atoms with Crippen molar-refractivity contribution in [3.8, 4) is 23.0 Å². The minimum atomic E-state index is -2.09. The summed E-state index contributed by atoms with van der Waals surface area (Å²) < 4.78 is 34.9. The molecule has 3 rings (SSSR count). The fraction of sp³-hybridized carbons (Fsp3) is 0.259. The molecule has 1 atom stereocenters. The van der Waals surface area contributed by atoms with Crippen LogP contribution in [0.4, 0.5) is 0 Å². The average Bonchev–Trinajstić information content (AvgIpc) is 2.92. The fourth-order valence-corrected chi connectivity index (χ4v) is 4.87. The van der Waals surface area contributed by atoms with E-state index < -0.39 is 31.1 Å². The summed E-state index contributed by atoms with van der Waals surface area (Å²) in [4.78, 5) is 28.8. The molecule has 182 valence electrons. The second kappa shape index (κ2) is 11.2. The summed E-state index contributed by atoms with van der Waals surface area (Å²) in [6.07, 6.45) is 0. The third-order valence-corrected chi connectivity index (χ3v) is 7.15. The Hall–Kier alpha value is -3.70. The molecule has 0 N–H and O–H groups in total. The number of Topliss-reactive ketones (excluding diaryl/α,β-unsaturated/α-hetero) is 2. The first-order chi connectivity index (χ1) is 16.9. The zero-order chi connectivity index (χ0) is 25.6. The number of benzene rings is 3. The predicted molar refractivity (Wildman–Crippen MR) is 133 cm³/mol. The molecule has 8 heteroatoms. The Balaban J connectivity index is 2.39. The Morgan fingerprint density at radius 2 is 1.03 bits per heavy atom. The topological polar surface area (TPSA) is 88.1 Å². The number of hydrogen-bond acceptors (Lipinski definition) is 7. The van der Waals surface area contributed by atoms with Gasteiger partial charge in [-0.2, -0.15) is 0 Å². The zero-order valence-corrected chi connectivity index (χ0v) is 21.1. The quantitative estimate of drug-likeness (QED) is 0.194. The standard InChI is InChI=1S/C27H27O7P/c1-17(18-11-7-6-8-12-18)27(35-30,25(28)23-19(31-2)13-9-14-20(23)32-3)26(29)24-21(33-4)15-10-16-22(24)34-5/h6-17H,1-5H3. The minimum Gasteiger partial charge on any atom is -0.496 e. The molecule has 0 saturated heterocycles. The van der Waals surface area contributed by atoms with Crippen molar-refractivity contribution in [2.75, 3.05) is 28.4 Å². The molecule has 0 bridgehead atoms. The lowest BCUT2D eigenvalue weighted by molar-refractivity contribution is 0.0810. The highest BCUT2D eigenvalue weighted by Gasteiger charge is 2.55. The normalized spacial score (nSPS) is 12.0. The highest BCUT2D eigenvalue weighted by molar-refractivity contribution is 7.30. The fourth-order valence-electron chi connectivity index (χ4n) is 4.17. The van der Waals surface area contributed by atoms with Crippen LogP contribution in [0.5, 0.6) is 23.0 Å². The van der Waals surface area contributed by atoms with Gasteiger partial charge in [-0.1, -0.05) is 49.4 Å². The lowest BCUT2D eigenvalue weighted by Crippen LogP contribution is -2.46. The predicted octanol–water partition coefficient (Wildman–Crippen LogP) is 5.62. The summed E-state index contributed by atoms with van der Waals surface area (Å²) in [6, 6.07) is 18.6. The summed E-state index contributed by atoms with van der Waals surface area (Å²) in [6.45, 7) is 1.69. The number of hydrogen-bond donors (Lipinski definition) is 0. The lowest BCUT2D eigenvalue weighted by Gasteiger charge is -2.32. The number of ether oxygens (including phenoxy) is 4. The lowest BCUT2D eigenvalue weighted by atomic mass is 9.76. The molecule has 0 aromatic heterocycles. The summed E-state index contributed by atoms with van der Waals surface area (Å²) >= 11 is 0. The molecular weight excluding hydrogens is 467 g/mol. The molecule has 0 saturated carbocycles. The van der Waals surface area contributed by atoms with Gasteiger partial charge in [0.15, 0.2) is 25.2 Å². The van der Waals surface area contributed by atoms with Crippen LogP contribution < -0.4 is 18.9 Å². The van der Waals surface area contributed by atoms with Crippen molar-refractivity contribution in [1.82, 2.24) is 0 Å². The van der Waals surface area contributed by atoms with Crippen LogP contribution in [-0.2, 0) is 4.57 Å². The maximum absolute atomic E-state index is 14.4. The first-order valence-electron chi connectivity index (χ1n) is 10.8. The van der Waals surface area contributed by atoms with Crippen LogP contribution in [0.25, 0.3) is 0 Å². The number of rotatable bonds is 11. The van der Waals surface area contributed by atoms with Crippen molar-refractivity contribution in [1.29, 1.82) is 0 Å². The van der Waals surface area contributed by atoms with Gasteiger partial charge in [0.05, 0.1) is 28.4 Å². The van der Waals surface area contributed by atoms with Crippen LogP contribution in [-0.4, -0.2) is 45.2 Å². The van der Waals surface area contributed by atoms with Crippen molar-refractivity contribution in [3.63, 3.8) is 0 Å². The van der Waals surface area contributed by atoms with Crippen LogP contribution in [0.3, 0.4) is 0 Å². The summed E-state index contributed by atoms with van der Waals surface area (Å²) in [7, 11) is 4.94. The highest BCUT2D eigenvalue weighted by Crippen LogP contribution is 2.48. The van der Waals surface area contributed by atoms with Gasteiger partial charge in [0.2, 0.25) is 0 Å². The smallest absolute Gasteiger partial charge is 0.196 e. The SMILES string of the molecule is COc1cccc(OC)c1C(=O)C(P=O)(C(=O)c1c(OC)cccc1OC)C(C)c1ccccc1. The molecule has 0 fully saturated rings. The Morgan fingerprint density at radius 3 is 1.34 bits per heavy atom. The van der Waals surface area contributed by atoms with Gasteiger partial charge in [-0.05, 0) is 29.8 Å². The molecule has 3 aromatic carbocycles. The zero-order valence-electron chi connectivity index (χ0n) is 20.2. The maximum Gasteiger partial charge on any atom is 0.196 e. The van der Waals surface area contributed by atoms with Gasteiger partial charge in [-0.3, -0.25) is 14.2 Å². The van der Waals surface area contributed by atoms with Gasteiger partial charge in [0, 0.05) is 5.92 Å². The monoisotopic (exact) mass is 494 g/mol. The summed E-state index contributed by atoms with van der Waals surface area (Å²) in [5.74, 6) is -1.45. The van der Waals surface area contributed by atoms with E-state index in [9.17, 15) is 14.2 Å². The Bertz CT molecular complexity index is 1110. The second-order valence-corrected chi connectivity index (χ2v) is 8.61. The van der Waals surface area contributed by atoms with E-state index in [4.69, 9.17) is 18.9 Å². The van der Waals surface area contributed by atoms with Crippen LogP contribution in [0.15, 0.2) is 66.7 Å². The number of carbonyl (C=O) groups excluding carboxylic acids is 2. The van der Waals surface area contributed by atoms with E-state index in [2.05, 4.69) is 0 Å². The number of methoxy groups -OCH3 is 4. The first kappa shape index (κ1) is 25.9. The maximum atomic E-state index is 14.4. The molecule has 0 radical (unpaired) electrons. The molecule has 7 nitrogen and oxygen atoms in total. The van der Waals surface area contributed by atoms with E-state index in [-0.39, 0.29) is 34.1 Å².